The second-order valence-corrected chi connectivity index (χ2v) is 17.5. The van der Waals surface area contributed by atoms with Crippen molar-refractivity contribution in [1.82, 2.24) is 4.31 Å². The van der Waals surface area contributed by atoms with Gasteiger partial charge in [0.15, 0.2) is 0 Å². The van der Waals surface area contributed by atoms with Crippen LogP contribution in [0.1, 0.15) is 84.5 Å². The summed E-state index contributed by atoms with van der Waals surface area (Å²) in [4.78, 5) is 31.8. The van der Waals surface area contributed by atoms with Gasteiger partial charge in [-0.25, -0.2) is 23.0 Å². The molecule has 1 aliphatic rings. The van der Waals surface area contributed by atoms with Crippen LogP contribution in [0.2, 0.25) is 15.1 Å². The van der Waals surface area contributed by atoms with E-state index in [1.165, 1.54) is 67.6 Å². The van der Waals surface area contributed by atoms with Crippen molar-refractivity contribution in [2.24, 2.45) is 4.99 Å². The molecule has 4 rings (SSSR count). The molecule has 0 saturated carbocycles. The van der Waals surface area contributed by atoms with Crippen molar-refractivity contribution < 1.29 is 22.9 Å². The van der Waals surface area contributed by atoms with Gasteiger partial charge >= 0.3 is 11.7 Å². The molecule has 1 heterocycles. The third-order valence-corrected chi connectivity index (χ3v) is 11.9. The summed E-state index contributed by atoms with van der Waals surface area (Å²) in [6.07, 6.45) is 13.6. The summed E-state index contributed by atoms with van der Waals surface area (Å²) >= 11 is 25.5. The predicted molar refractivity (Wildman–Crippen MR) is 237 cm³/mol. The fraction of sp³-hybridized carbons (Fsp3) is 0.450. The largest absolute Gasteiger partial charge is 0.692 e. The number of likely N-dealkylation sites (N-methyl/N-ethyl adjacent to an activating group) is 1. The zero-order valence-electron chi connectivity index (χ0n) is 32.5. The van der Waals surface area contributed by atoms with Crippen LogP contribution < -0.4 is 21.0 Å². The number of carbonyl (C=O) groups is 2. The van der Waals surface area contributed by atoms with E-state index in [1.807, 2.05) is 0 Å². The molecule has 2 amide bonds. The molecule has 17 heteroatoms. The fourth-order valence-corrected chi connectivity index (χ4v) is 8.33. The number of hydrazine groups is 1. The smallest absolute Gasteiger partial charge is 0.334 e. The molecule has 0 spiro atoms. The highest BCUT2D eigenvalue weighted by Crippen LogP contribution is 2.38. The minimum absolute atomic E-state index is 0.0339. The molecule has 1 unspecified atom stereocenters. The molecule has 0 radical (unpaired) electrons. The average molecular weight is 884 g/mol. The standard InChI is InChI=1S/C40H51Cl4N7O5S/c1-4-6-7-8-9-10-11-12-13-14-18-33(42)39(52)48-32-17-15-16-31(27-32)47-38-36(40(53)50(51(38)54)37-34(43)25-28(41)26-35(37)44)46-30-21-19-29(20-22-30)45-23-24-49(5-2)57(3,55)56/h15-17,19-22,25-27,33,45,47H,4-14,18,23-24H2,1-3H3,(H,48,52). The van der Waals surface area contributed by atoms with Gasteiger partial charge in [-0.05, 0) is 55.0 Å². The van der Waals surface area contributed by atoms with Crippen LogP contribution in [0.5, 0.6) is 0 Å². The Morgan fingerprint density at radius 2 is 1.47 bits per heavy atom. The van der Waals surface area contributed by atoms with Gasteiger partial charge in [0, 0.05) is 42.1 Å². The molecule has 3 aromatic rings. The lowest BCUT2D eigenvalue weighted by Gasteiger charge is -2.21. The topological polar surface area (TPSA) is 149 Å². The van der Waals surface area contributed by atoms with E-state index < -0.39 is 21.3 Å². The summed E-state index contributed by atoms with van der Waals surface area (Å²) < 4.78 is 25.2. The highest BCUT2D eigenvalue weighted by Gasteiger charge is 2.43. The van der Waals surface area contributed by atoms with Crippen molar-refractivity contribution >= 4 is 108 Å². The Hall–Kier alpha value is -3.59. The Kier molecular flexibility index (Phi) is 18.2. The van der Waals surface area contributed by atoms with Crippen LogP contribution >= 0.6 is 46.4 Å². The number of nitrogens with zero attached hydrogens (tertiary/aromatic N) is 4. The quantitative estimate of drug-likeness (QED) is 0.0394. The summed E-state index contributed by atoms with van der Waals surface area (Å²) in [7, 11) is -3.33. The number of hydrogen-bond donors (Lipinski definition) is 3. The van der Waals surface area contributed by atoms with Gasteiger partial charge in [0.25, 0.3) is 0 Å². The zero-order chi connectivity index (χ0) is 41.5. The zero-order valence-corrected chi connectivity index (χ0v) is 36.3. The van der Waals surface area contributed by atoms with Crippen LogP contribution in [0.15, 0.2) is 65.7 Å². The number of hydrazone groups is 1. The molecule has 3 N–H and O–H groups in total. The highest BCUT2D eigenvalue weighted by atomic mass is 35.5. The van der Waals surface area contributed by atoms with E-state index in [4.69, 9.17) is 46.4 Å². The van der Waals surface area contributed by atoms with Gasteiger partial charge < -0.3 is 15.8 Å². The third kappa shape index (κ3) is 13.8. The Morgan fingerprint density at radius 3 is 2.07 bits per heavy atom. The number of carbonyl (C=O) groups excluding carboxylic acids is 2. The normalized spacial score (nSPS) is 14.5. The Labute approximate surface area is 356 Å². The van der Waals surface area contributed by atoms with E-state index in [-0.39, 0.29) is 44.8 Å². The van der Waals surface area contributed by atoms with Crippen molar-refractivity contribution in [3.8, 4) is 0 Å². The first kappa shape index (κ1) is 46.1. The lowest BCUT2D eigenvalue weighted by molar-refractivity contribution is -0.455. The number of alkyl halides is 1. The molecule has 0 fully saturated rings. The summed E-state index contributed by atoms with van der Waals surface area (Å²) in [6.45, 7) is 4.98. The first-order valence-corrected chi connectivity index (χ1v) is 22.7. The van der Waals surface area contributed by atoms with E-state index in [0.717, 1.165) is 24.3 Å². The number of amides is 2. The molecule has 12 nitrogen and oxygen atoms in total. The molecule has 57 heavy (non-hydrogen) atoms. The Morgan fingerprint density at radius 1 is 0.877 bits per heavy atom. The summed E-state index contributed by atoms with van der Waals surface area (Å²) in [6, 6.07) is 16.1. The minimum atomic E-state index is -3.33. The van der Waals surface area contributed by atoms with Gasteiger partial charge in [0.2, 0.25) is 21.6 Å². The van der Waals surface area contributed by atoms with Crippen molar-refractivity contribution in [1.29, 1.82) is 0 Å². The Balaban J connectivity index is 1.48. The second-order valence-electron chi connectivity index (χ2n) is 13.8. The summed E-state index contributed by atoms with van der Waals surface area (Å²) in [5.74, 6) is -1.39. The molecule has 0 bridgehead atoms. The van der Waals surface area contributed by atoms with Gasteiger partial charge in [-0.2, -0.15) is 0 Å². The van der Waals surface area contributed by atoms with Gasteiger partial charge in [-0.15, -0.1) is 21.5 Å². The molecule has 310 valence electrons. The number of amidine groups is 1. The molecule has 0 aromatic heterocycles. The number of unbranched alkanes of at least 4 members (excludes halogenated alkanes) is 9. The van der Waals surface area contributed by atoms with Crippen LogP contribution in [0.25, 0.3) is 0 Å². The molecule has 3 aromatic carbocycles. The number of aliphatic imine (C=N–C) groups is 1. The molecular weight excluding hydrogens is 832 g/mol. The van der Waals surface area contributed by atoms with E-state index >= 15 is 0 Å². The van der Waals surface area contributed by atoms with Gasteiger partial charge in [-0.3, -0.25) is 9.59 Å². The van der Waals surface area contributed by atoms with Gasteiger partial charge in [0.05, 0.1) is 22.0 Å². The number of benzene rings is 3. The maximum Gasteiger partial charge on any atom is 0.334 e. The van der Waals surface area contributed by atoms with Crippen molar-refractivity contribution in [3.63, 3.8) is 0 Å². The van der Waals surface area contributed by atoms with Crippen molar-refractivity contribution in [3.05, 3.63) is 80.9 Å². The highest BCUT2D eigenvalue weighted by molar-refractivity contribution is 7.88. The maximum atomic E-state index is 14.0. The van der Waals surface area contributed by atoms with Gasteiger partial charge in [-0.1, -0.05) is 119 Å². The lowest BCUT2D eigenvalue weighted by atomic mass is 10.1. The second kappa shape index (κ2) is 22.5. The molecular formula is C40H51Cl4N7O5S. The number of sulfonamides is 1. The molecule has 0 aliphatic carbocycles. The number of hydrogen-bond acceptors (Lipinski definition) is 8. The predicted octanol–water partition coefficient (Wildman–Crippen LogP) is 10.3. The first-order valence-electron chi connectivity index (χ1n) is 19.3. The van der Waals surface area contributed by atoms with Crippen LogP contribution in [0.4, 0.5) is 28.4 Å². The first-order chi connectivity index (χ1) is 27.2. The summed E-state index contributed by atoms with van der Waals surface area (Å²) in [5, 5.41) is 23.2. The average Bonchev–Trinajstić information content (AvgIpc) is 3.37. The fourth-order valence-electron chi connectivity index (χ4n) is 6.25. The number of nitrogens with one attached hydrogen (secondary N) is 3. The van der Waals surface area contributed by atoms with E-state index in [0.29, 0.717) is 47.1 Å². The number of halogens is 4. The summed E-state index contributed by atoms with van der Waals surface area (Å²) in [5.41, 5.74) is 1.51. The van der Waals surface area contributed by atoms with Gasteiger partial charge in [0.1, 0.15) is 16.8 Å². The van der Waals surface area contributed by atoms with Crippen LogP contribution in [0.3, 0.4) is 0 Å². The van der Waals surface area contributed by atoms with Crippen LogP contribution in [-0.4, -0.2) is 72.2 Å². The van der Waals surface area contributed by atoms with Crippen molar-refractivity contribution in [2.45, 2.75) is 89.9 Å². The lowest BCUT2D eigenvalue weighted by Crippen LogP contribution is -2.34. The SMILES string of the molecule is CCCCCCCCCCCCC(Cl)C(=O)Nc1cccc(NC2=[N+]([O-])N(c3c(Cl)cc(Cl)cc3Cl)C(=O)C2=Nc2ccc(NCCN(CC)S(C)(=O)=O)cc2)c1. The van der Waals surface area contributed by atoms with Crippen molar-refractivity contribution in [2.75, 3.05) is 46.8 Å². The third-order valence-electron chi connectivity index (χ3n) is 9.29. The van der Waals surface area contributed by atoms with Crippen LogP contribution in [-0.2, 0) is 19.6 Å². The monoisotopic (exact) mass is 881 g/mol. The molecule has 1 atom stereocenters. The van der Waals surface area contributed by atoms with Crippen LogP contribution in [0, 0.1) is 5.21 Å². The van der Waals surface area contributed by atoms with E-state index in [1.54, 1.807) is 55.5 Å². The van der Waals surface area contributed by atoms with E-state index in [9.17, 15) is 23.2 Å². The molecule has 1 aliphatic heterocycles. The minimum Gasteiger partial charge on any atom is -0.692 e. The van der Waals surface area contributed by atoms with E-state index in [2.05, 4.69) is 27.9 Å². The number of anilines is 4. The number of rotatable bonds is 22. The molecule has 0 saturated heterocycles. The maximum absolute atomic E-state index is 14.0. The Bertz CT molecular complexity index is 1990.